The van der Waals surface area contributed by atoms with Gasteiger partial charge in [0.1, 0.15) is 0 Å². The van der Waals surface area contributed by atoms with Crippen LogP contribution in [0.4, 0.5) is 0 Å². The van der Waals surface area contributed by atoms with E-state index in [1.807, 2.05) is 0 Å². The minimum Gasteiger partial charge on any atom is -0.0802 e. The van der Waals surface area contributed by atoms with Crippen LogP contribution in [-0.4, -0.2) is 0 Å². The summed E-state index contributed by atoms with van der Waals surface area (Å²) in [5.74, 6) is 3.68. The van der Waals surface area contributed by atoms with Crippen molar-refractivity contribution in [2.24, 2.45) is 29.6 Å². The third kappa shape index (κ3) is 1.16. The van der Waals surface area contributed by atoms with E-state index in [4.69, 9.17) is 0 Å². The van der Waals surface area contributed by atoms with Crippen LogP contribution >= 0.6 is 0 Å². The maximum Gasteiger partial charge on any atom is 0.00928 e. The molecular weight excluding hydrogens is 192 g/mol. The highest BCUT2D eigenvalue weighted by Gasteiger charge is 2.50. The Balaban J connectivity index is 1.79. The number of hydrogen-bond acceptors (Lipinski definition) is 0. The molecule has 0 aromatic carbocycles. The Hall–Kier alpha value is -1.30. The summed E-state index contributed by atoms with van der Waals surface area (Å²) in [4.78, 5) is 0. The average Bonchev–Trinajstić information content (AvgIpc) is 3.09. The van der Waals surface area contributed by atoms with E-state index in [2.05, 4.69) is 54.7 Å². The molecule has 0 bridgehead atoms. The molecule has 0 aromatic heterocycles. The van der Waals surface area contributed by atoms with Crippen molar-refractivity contribution in [2.75, 3.05) is 0 Å². The lowest BCUT2D eigenvalue weighted by Crippen LogP contribution is -2.12. The van der Waals surface area contributed by atoms with Crippen molar-refractivity contribution in [1.29, 1.82) is 0 Å². The lowest BCUT2D eigenvalue weighted by molar-refractivity contribution is 0.451. The Labute approximate surface area is 96.7 Å². The van der Waals surface area contributed by atoms with E-state index < -0.39 is 0 Å². The lowest BCUT2D eigenvalue weighted by atomic mass is 9.84. The third-order valence-corrected chi connectivity index (χ3v) is 4.42. The molecule has 5 atom stereocenters. The molecule has 0 nitrogen and oxygen atoms in total. The molecule has 0 N–H and O–H groups in total. The van der Waals surface area contributed by atoms with E-state index in [9.17, 15) is 0 Å². The van der Waals surface area contributed by atoms with Gasteiger partial charge in [0.05, 0.1) is 0 Å². The van der Waals surface area contributed by atoms with Crippen molar-refractivity contribution in [1.82, 2.24) is 0 Å². The largest absolute Gasteiger partial charge is 0.0802 e. The summed E-state index contributed by atoms with van der Waals surface area (Å²) < 4.78 is 0. The third-order valence-electron chi connectivity index (χ3n) is 4.42. The highest BCUT2D eigenvalue weighted by molar-refractivity contribution is 5.37. The molecule has 0 saturated heterocycles. The fourth-order valence-electron chi connectivity index (χ4n) is 3.54. The van der Waals surface area contributed by atoms with Gasteiger partial charge in [-0.3, -0.25) is 0 Å². The van der Waals surface area contributed by atoms with Gasteiger partial charge in [-0.1, -0.05) is 48.6 Å². The van der Waals surface area contributed by atoms with Crippen molar-refractivity contribution >= 4 is 0 Å². The maximum absolute atomic E-state index is 3.72. The topological polar surface area (TPSA) is 0 Å². The monoisotopic (exact) mass is 207 g/mol. The molecule has 0 spiro atoms. The van der Waals surface area contributed by atoms with E-state index in [1.54, 1.807) is 0 Å². The molecule has 4 aliphatic carbocycles. The second-order valence-corrected chi connectivity index (χ2v) is 5.31. The summed E-state index contributed by atoms with van der Waals surface area (Å²) in [7, 11) is 0. The minimum atomic E-state index is 0.524. The summed E-state index contributed by atoms with van der Waals surface area (Å²) in [6.45, 7) is 0. The van der Waals surface area contributed by atoms with Gasteiger partial charge in [0, 0.05) is 11.8 Å². The van der Waals surface area contributed by atoms with Crippen LogP contribution in [0.2, 0.25) is 0 Å². The minimum absolute atomic E-state index is 0.524. The van der Waals surface area contributed by atoms with Gasteiger partial charge in [0.25, 0.3) is 0 Å². The zero-order chi connectivity index (χ0) is 10.5. The Bertz CT molecular complexity index is 458. The van der Waals surface area contributed by atoms with E-state index >= 15 is 0 Å². The molecule has 16 heavy (non-hydrogen) atoms. The van der Waals surface area contributed by atoms with E-state index in [-0.39, 0.29) is 0 Å². The van der Waals surface area contributed by atoms with Crippen molar-refractivity contribution in [3.63, 3.8) is 0 Å². The van der Waals surface area contributed by atoms with Crippen LogP contribution in [0.5, 0.6) is 0 Å². The van der Waals surface area contributed by atoms with Crippen LogP contribution in [0.15, 0.2) is 54.2 Å². The first-order valence-corrected chi connectivity index (χ1v) is 6.27. The fraction of sp³-hybridized carbons (Fsp3) is 0.375. The van der Waals surface area contributed by atoms with E-state index in [0.717, 1.165) is 17.8 Å². The zero-order valence-electron chi connectivity index (χ0n) is 9.21. The van der Waals surface area contributed by atoms with Gasteiger partial charge in [-0.05, 0) is 35.8 Å². The summed E-state index contributed by atoms with van der Waals surface area (Å²) >= 11 is 0. The molecule has 1 saturated carbocycles. The van der Waals surface area contributed by atoms with Crippen LogP contribution in [0.3, 0.4) is 0 Å². The fourth-order valence-corrected chi connectivity index (χ4v) is 3.54. The van der Waals surface area contributed by atoms with Gasteiger partial charge in [-0.15, -0.1) is 0 Å². The van der Waals surface area contributed by atoms with Crippen LogP contribution in [-0.2, 0) is 0 Å². The smallest absolute Gasteiger partial charge is 0.00928 e. The predicted octanol–water partition coefficient (Wildman–Crippen LogP) is 3.47. The molecule has 0 aliphatic heterocycles. The van der Waals surface area contributed by atoms with Crippen LogP contribution < -0.4 is 0 Å². The van der Waals surface area contributed by atoms with Gasteiger partial charge in [-0.25, -0.2) is 0 Å². The number of fused-ring (bicyclic) bond motifs is 5. The SMILES string of the molecule is [C]1=C2C=CC=CC2C2CC2C2C=CC=CC12. The first kappa shape index (κ1) is 8.81. The van der Waals surface area contributed by atoms with Crippen LogP contribution in [0.1, 0.15) is 6.42 Å². The average molecular weight is 207 g/mol. The molecule has 0 heteroatoms. The molecular formula is C16H15. The molecule has 4 rings (SSSR count). The predicted molar refractivity (Wildman–Crippen MR) is 65.4 cm³/mol. The van der Waals surface area contributed by atoms with Gasteiger partial charge in [0.2, 0.25) is 0 Å². The Kier molecular flexibility index (Phi) is 1.71. The van der Waals surface area contributed by atoms with E-state index in [1.165, 1.54) is 12.0 Å². The van der Waals surface area contributed by atoms with Gasteiger partial charge in [-0.2, -0.15) is 0 Å². The lowest BCUT2D eigenvalue weighted by Gasteiger charge is -2.20. The van der Waals surface area contributed by atoms with Crippen molar-refractivity contribution < 1.29 is 0 Å². The van der Waals surface area contributed by atoms with Crippen molar-refractivity contribution in [3.8, 4) is 0 Å². The normalized spacial score (nSPS) is 46.5. The summed E-state index contributed by atoms with van der Waals surface area (Å²) in [5.41, 5.74) is 1.43. The summed E-state index contributed by atoms with van der Waals surface area (Å²) in [6.07, 6.45) is 23.2. The molecule has 4 aliphatic rings. The first-order valence-electron chi connectivity index (χ1n) is 6.27. The number of hydrogen-bond donors (Lipinski definition) is 0. The van der Waals surface area contributed by atoms with Gasteiger partial charge in [0.15, 0.2) is 0 Å². The number of allylic oxidation sites excluding steroid dienone is 10. The van der Waals surface area contributed by atoms with Crippen molar-refractivity contribution in [2.45, 2.75) is 6.42 Å². The quantitative estimate of drug-likeness (QED) is 0.570. The summed E-state index contributed by atoms with van der Waals surface area (Å²) in [6, 6.07) is 0. The summed E-state index contributed by atoms with van der Waals surface area (Å²) in [5, 5.41) is 0. The Morgan fingerprint density at radius 1 is 0.938 bits per heavy atom. The van der Waals surface area contributed by atoms with Gasteiger partial charge < -0.3 is 0 Å². The molecule has 0 heterocycles. The van der Waals surface area contributed by atoms with E-state index in [0.29, 0.717) is 11.8 Å². The highest BCUT2D eigenvalue weighted by Crippen LogP contribution is 2.57. The molecule has 79 valence electrons. The zero-order valence-corrected chi connectivity index (χ0v) is 9.21. The molecule has 1 fully saturated rings. The maximum atomic E-state index is 3.72. The molecule has 5 unspecified atom stereocenters. The second kappa shape index (κ2) is 3.10. The van der Waals surface area contributed by atoms with Crippen LogP contribution in [0.25, 0.3) is 0 Å². The van der Waals surface area contributed by atoms with Gasteiger partial charge >= 0.3 is 0 Å². The van der Waals surface area contributed by atoms with Crippen LogP contribution in [0, 0.1) is 35.7 Å². The Morgan fingerprint density at radius 2 is 1.81 bits per heavy atom. The second-order valence-electron chi connectivity index (χ2n) is 5.31. The highest BCUT2D eigenvalue weighted by atomic mass is 14.5. The van der Waals surface area contributed by atoms with Crippen molar-refractivity contribution in [3.05, 3.63) is 60.3 Å². The molecule has 0 amide bonds. The first-order chi connectivity index (χ1) is 7.93. The number of rotatable bonds is 0. The molecule has 1 radical (unpaired) electrons. The molecule has 0 aromatic rings. The Morgan fingerprint density at radius 3 is 2.81 bits per heavy atom. The standard InChI is InChI=1S/C16H15/c1-3-7-13-11(5-1)9-12-6-2-4-8-14(12)16-10-15(13)16/h1-8,11,13-16H,10H2.